The summed E-state index contributed by atoms with van der Waals surface area (Å²) in [5.74, 6) is -1.04. The van der Waals surface area contributed by atoms with Gasteiger partial charge in [0.15, 0.2) is 5.78 Å². The van der Waals surface area contributed by atoms with Gasteiger partial charge in [-0.1, -0.05) is 32.4 Å². The lowest BCUT2D eigenvalue weighted by atomic mass is 9.74. The van der Waals surface area contributed by atoms with Crippen molar-refractivity contribution in [3.8, 4) is 5.75 Å². The maximum Gasteiger partial charge on any atom is 0.307 e. The van der Waals surface area contributed by atoms with Crippen LogP contribution in [0.5, 0.6) is 5.75 Å². The van der Waals surface area contributed by atoms with E-state index in [0.29, 0.717) is 17.7 Å². The normalized spacial score (nSPS) is 26.7. The third kappa shape index (κ3) is 2.62. The molecule has 0 amide bonds. The second-order valence-corrected chi connectivity index (χ2v) is 6.91. The number of rotatable bonds is 4. The van der Waals surface area contributed by atoms with Crippen LogP contribution in [0.3, 0.4) is 0 Å². The van der Waals surface area contributed by atoms with E-state index in [2.05, 4.69) is 0 Å². The average Bonchev–Trinajstić information content (AvgIpc) is 2.69. The maximum atomic E-state index is 13.0. The fourth-order valence-electron chi connectivity index (χ4n) is 3.56. The van der Waals surface area contributed by atoms with Gasteiger partial charge in [0.05, 0.1) is 18.6 Å². The number of carbonyl (C=O) groups excluding carboxylic acids is 1. The molecule has 0 radical (unpaired) electrons. The molecule has 0 unspecified atom stereocenters. The molecule has 1 N–H and O–H groups in total. The third-order valence-corrected chi connectivity index (χ3v) is 5.42. The van der Waals surface area contributed by atoms with Gasteiger partial charge in [0.2, 0.25) is 0 Å². The van der Waals surface area contributed by atoms with Crippen LogP contribution in [0.25, 0.3) is 0 Å². The molecule has 1 aliphatic rings. The average molecular weight is 304 g/mol. The monoisotopic (exact) mass is 304 g/mol. The highest BCUT2D eigenvalue weighted by Crippen LogP contribution is 2.51. The summed E-state index contributed by atoms with van der Waals surface area (Å²) in [5.41, 5.74) is 1.15. The Kier molecular flexibility index (Phi) is 4.32. The number of carboxylic acids is 1. The number of aliphatic carboxylic acids is 1. The molecule has 1 aromatic carbocycles. The maximum absolute atomic E-state index is 13.0. The zero-order valence-electron chi connectivity index (χ0n) is 13.8. The summed E-state index contributed by atoms with van der Waals surface area (Å²) < 4.78 is 5.31. The number of aryl methyl sites for hydroxylation is 1. The van der Waals surface area contributed by atoms with Crippen molar-refractivity contribution in [3.63, 3.8) is 0 Å². The Morgan fingerprint density at radius 2 is 1.95 bits per heavy atom. The fourth-order valence-corrected chi connectivity index (χ4v) is 3.56. The Bertz CT molecular complexity index is 603. The van der Waals surface area contributed by atoms with Gasteiger partial charge in [-0.05, 0) is 36.8 Å². The summed E-state index contributed by atoms with van der Waals surface area (Å²) in [6.45, 7) is 7.79. The highest BCUT2D eigenvalue weighted by molar-refractivity contribution is 6.01. The number of hydrogen-bond donors (Lipinski definition) is 1. The Morgan fingerprint density at radius 3 is 2.45 bits per heavy atom. The molecule has 1 fully saturated rings. The third-order valence-electron chi connectivity index (χ3n) is 5.42. The van der Waals surface area contributed by atoms with Crippen molar-refractivity contribution in [3.05, 3.63) is 29.3 Å². The van der Waals surface area contributed by atoms with Crippen LogP contribution in [0.15, 0.2) is 18.2 Å². The minimum Gasteiger partial charge on any atom is -0.496 e. The molecule has 3 atom stereocenters. The molecule has 1 saturated carbocycles. The van der Waals surface area contributed by atoms with Crippen molar-refractivity contribution >= 4 is 11.8 Å². The molecular weight excluding hydrogens is 280 g/mol. The molecule has 0 bridgehead atoms. The SMILES string of the molecule is COc1ccc(C)cc1C(=O)[C@H]1C[C@@H](C(=O)O)C(C)(C)[C@@H]1C. The molecule has 120 valence electrons. The van der Waals surface area contributed by atoms with Gasteiger partial charge >= 0.3 is 5.97 Å². The van der Waals surface area contributed by atoms with E-state index in [1.807, 2.05) is 39.8 Å². The van der Waals surface area contributed by atoms with Gasteiger partial charge in [-0.3, -0.25) is 9.59 Å². The summed E-state index contributed by atoms with van der Waals surface area (Å²) in [4.78, 5) is 24.5. The lowest BCUT2D eigenvalue weighted by molar-refractivity contribution is -0.145. The van der Waals surface area contributed by atoms with Crippen LogP contribution in [0, 0.1) is 30.1 Å². The molecule has 1 aromatic rings. The first-order valence-corrected chi connectivity index (χ1v) is 7.61. The van der Waals surface area contributed by atoms with Gasteiger partial charge in [-0.25, -0.2) is 0 Å². The fraction of sp³-hybridized carbons (Fsp3) is 0.556. The summed E-state index contributed by atoms with van der Waals surface area (Å²) in [7, 11) is 1.55. The lowest BCUT2D eigenvalue weighted by Gasteiger charge is -2.29. The number of benzene rings is 1. The Hall–Kier alpha value is -1.84. The van der Waals surface area contributed by atoms with Gasteiger partial charge in [-0.2, -0.15) is 0 Å². The van der Waals surface area contributed by atoms with E-state index in [0.717, 1.165) is 5.56 Å². The molecular formula is C18H24O4. The van der Waals surface area contributed by atoms with Crippen molar-refractivity contribution in [1.82, 2.24) is 0 Å². The predicted octanol–water partition coefficient (Wildman–Crippen LogP) is 3.57. The Balaban J connectivity index is 2.39. The van der Waals surface area contributed by atoms with Gasteiger partial charge in [-0.15, -0.1) is 0 Å². The van der Waals surface area contributed by atoms with Crippen LogP contribution < -0.4 is 4.74 Å². The molecule has 0 aromatic heterocycles. The summed E-state index contributed by atoms with van der Waals surface area (Å²) in [6, 6.07) is 5.52. The van der Waals surface area contributed by atoms with Crippen molar-refractivity contribution in [2.24, 2.45) is 23.2 Å². The molecule has 0 saturated heterocycles. The van der Waals surface area contributed by atoms with E-state index in [1.54, 1.807) is 13.2 Å². The van der Waals surface area contributed by atoms with Crippen LogP contribution in [-0.2, 0) is 4.79 Å². The van der Waals surface area contributed by atoms with Gasteiger partial charge in [0.1, 0.15) is 5.75 Å². The first-order valence-electron chi connectivity index (χ1n) is 7.61. The number of ketones is 1. The van der Waals surface area contributed by atoms with Crippen LogP contribution in [-0.4, -0.2) is 24.0 Å². The van der Waals surface area contributed by atoms with Crippen molar-refractivity contribution in [1.29, 1.82) is 0 Å². The minimum absolute atomic E-state index is 0.00585. The van der Waals surface area contributed by atoms with Gasteiger partial charge in [0, 0.05) is 5.92 Å². The predicted molar refractivity (Wildman–Crippen MR) is 84.2 cm³/mol. The zero-order chi connectivity index (χ0) is 16.7. The van der Waals surface area contributed by atoms with Crippen LogP contribution in [0.2, 0.25) is 0 Å². The largest absolute Gasteiger partial charge is 0.496 e. The van der Waals surface area contributed by atoms with E-state index in [4.69, 9.17) is 4.74 Å². The van der Waals surface area contributed by atoms with E-state index in [9.17, 15) is 14.7 Å². The van der Waals surface area contributed by atoms with Crippen molar-refractivity contribution in [2.75, 3.05) is 7.11 Å². The standard InChI is InChI=1S/C18H24O4/c1-10-6-7-15(22-5)13(8-10)16(19)12-9-14(17(20)21)18(3,4)11(12)2/h6-8,11-12,14H,9H2,1-5H3,(H,20,21)/t11-,12+,14+/m1/s1. The Labute approximate surface area is 131 Å². The van der Waals surface area contributed by atoms with Gasteiger partial charge < -0.3 is 9.84 Å². The van der Waals surface area contributed by atoms with Gasteiger partial charge in [0.25, 0.3) is 0 Å². The van der Waals surface area contributed by atoms with E-state index < -0.39 is 17.3 Å². The topological polar surface area (TPSA) is 63.6 Å². The summed E-state index contributed by atoms with van der Waals surface area (Å²) in [6.07, 6.45) is 0.388. The molecule has 2 rings (SSSR count). The van der Waals surface area contributed by atoms with Crippen LogP contribution in [0.1, 0.15) is 43.1 Å². The molecule has 0 aliphatic heterocycles. The zero-order valence-corrected chi connectivity index (χ0v) is 13.8. The number of hydrogen-bond acceptors (Lipinski definition) is 3. The molecule has 1 aliphatic carbocycles. The second-order valence-electron chi connectivity index (χ2n) is 6.91. The quantitative estimate of drug-likeness (QED) is 0.864. The van der Waals surface area contributed by atoms with E-state index in [-0.39, 0.29) is 17.6 Å². The van der Waals surface area contributed by atoms with E-state index in [1.165, 1.54) is 0 Å². The first-order chi connectivity index (χ1) is 10.2. The molecule has 0 heterocycles. The smallest absolute Gasteiger partial charge is 0.307 e. The highest BCUT2D eigenvalue weighted by Gasteiger charge is 2.52. The number of Topliss-reactive ketones (excluding diaryl/α,β-unsaturated/α-hetero) is 1. The highest BCUT2D eigenvalue weighted by atomic mass is 16.5. The Morgan fingerprint density at radius 1 is 1.32 bits per heavy atom. The molecule has 22 heavy (non-hydrogen) atoms. The first kappa shape index (κ1) is 16.5. The van der Waals surface area contributed by atoms with Crippen LogP contribution in [0.4, 0.5) is 0 Å². The molecule has 0 spiro atoms. The number of methoxy groups -OCH3 is 1. The van der Waals surface area contributed by atoms with Crippen molar-refractivity contribution in [2.45, 2.75) is 34.1 Å². The number of carboxylic acid groups (broad SMARTS) is 1. The lowest BCUT2D eigenvalue weighted by Crippen LogP contribution is -2.30. The number of ether oxygens (including phenoxy) is 1. The molecule has 4 heteroatoms. The number of carbonyl (C=O) groups is 2. The van der Waals surface area contributed by atoms with Crippen LogP contribution >= 0.6 is 0 Å². The second kappa shape index (κ2) is 5.75. The molecule has 4 nitrogen and oxygen atoms in total. The summed E-state index contributed by atoms with van der Waals surface area (Å²) in [5, 5.41) is 9.45. The van der Waals surface area contributed by atoms with Crippen molar-refractivity contribution < 1.29 is 19.4 Å². The minimum atomic E-state index is -0.816. The van der Waals surface area contributed by atoms with E-state index >= 15 is 0 Å². The summed E-state index contributed by atoms with van der Waals surface area (Å²) >= 11 is 0.